The molecule has 0 amide bonds. The summed E-state index contributed by atoms with van der Waals surface area (Å²) in [6.07, 6.45) is 3.62. The highest BCUT2D eigenvalue weighted by Crippen LogP contribution is 2.17. The Morgan fingerprint density at radius 1 is 1.33 bits per heavy atom. The molecule has 15 heavy (non-hydrogen) atoms. The SMILES string of the molecule is ClCCCc1ncc2cc(Br)ccc2n1. The number of hydrogen-bond donors (Lipinski definition) is 0. The van der Waals surface area contributed by atoms with Crippen LogP contribution in [0.15, 0.2) is 28.9 Å². The van der Waals surface area contributed by atoms with Gasteiger partial charge >= 0.3 is 0 Å². The van der Waals surface area contributed by atoms with E-state index >= 15 is 0 Å². The van der Waals surface area contributed by atoms with Crippen LogP contribution in [0, 0.1) is 0 Å². The van der Waals surface area contributed by atoms with Crippen molar-refractivity contribution < 1.29 is 0 Å². The highest BCUT2D eigenvalue weighted by atomic mass is 79.9. The van der Waals surface area contributed by atoms with Gasteiger partial charge in [-0.05, 0) is 24.6 Å². The molecular weight excluding hydrogens is 275 g/mol. The minimum absolute atomic E-state index is 0.654. The number of nitrogens with zero attached hydrogens (tertiary/aromatic N) is 2. The predicted molar refractivity (Wildman–Crippen MR) is 66.3 cm³/mol. The second-order valence-corrected chi connectivity index (χ2v) is 4.58. The molecule has 78 valence electrons. The molecule has 0 bridgehead atoms. The van der Waals surface area contributed by atoms with Gasteiger partial charge in [0.15, 0.2) is 0 Å². The van der Waals surface area contributed by atoms with Crippen LogP contribution < -0.4 is 0 Å². The third-order valence-electron chi connectivity index (χ3n) is 2.13. The lowest BCUT2D eigenvalue weighted by molar-refractivity contribution is 0.849. The van der Waals surface area contributed by atoms with E-state index in [0.717, 1.165) is 34.0 Å². The molecule has 0 unspecified atom stereocenters. The van der Waals surface area contributed by atoms with Crippen LogP contribution in [0.1, 0.15) is 12.2 Å². The van der Waals surface area contributed by atoms with E-state index in [1.54, 1.807) is 0 Å². The Labute approximate surface area is 102 Å². The first-order valence-electron chi connectivity index (χ1n) is 4.77. The van der Waals surface area contributed by atoms with Gasteiger partial charge in [0.05, 0.1) is 5.52 Å². The number of hydrogen-bond acceptors (Lipinski definition) is 2. The summed E-state index contributed by atoms with van der Waals surface area (Å²) in [7, 11) is 0. The van der Waals surface area contributed by atoms with E-state index < -0.39 is 0 Å². The number of rotatable bonds is 3. The Morgan fingerprint density at radius 2 is 2.20 bits per heavy atom. The van der Waals surface area contributed by atoms with E-state index in [-0.39, 0.29) is 0 Å². The smallest absolute Gasteiger partial charge is 0.129 e. The van der Waals surface area contributed by atoms with Crippen molar-refractivity contribution >= 4 is 38.4 Å². The molecule has 1 aromatic heterocycles. The van der Waals surface area contributed by atoms with Gasteiger partial charge in [0.2, 0.25) is 0 Å². The lowest BCUT2D eigenvalue weighted by Crippen LogP contribution is -1.95. The second kappa shape index (κ2) is 4.90. The first-order chi connectivity index (χ1) is 7.29. The maximum absolute atomic E-state index is 5.63. The van der Waals surface area contributed by atoms with Gasteiger partial charge in [0.25, 0.3) is 0 Å². The summed E-state index contributed by atoms with van der Waals surface area (Å²) in [6.45, 7) is 0. The summed E-state index contributed by atoms with van der Waals surface area (Å²) >= 11 is 9.05. The van der Waals surface area contributed by atoms with Gasteiger partial charge in [-0.2, -0.15) is 0 Å². The van der Waals surface area contributed by atoms with Crippen molar-refractivity contribution in [3.63, 3.8) is 0 Å². The van der Waals surface area contributed by atoms with E-state index in [0.29, 0.717) is 5.88 Å². The molecule has 0 saturated heterocycles. The first kappa shape index (κ1) is 10.8. The highest BCUT2D eigenvalue weighted by Gasteiger charge is 2.00. The van der Waals surface area contributed by atoms with Gasteiger partial charge in [-0.1, -0.05) is 15.9 Å². The molecule has 0 aliphatic rings. The van der Waals surface area contributed by atoms with E-state index in [1.165, 1.54) is 0 Å². The van der Waals surface area contributed by atoms with E-state index in [2.05, 4.69) is 25.9 Å². The Morgan fingerprint density at radius 3 is 3.00 bits per heavy atom. The van der Waals surface area contributed by atoms with Gasteiger partial charge < -0.3 is 0 Å². The summed E-state index contributed by atoms with van der Waals surface area (Å²) in [6, 6.07) is 5.99. The van der Waals surface area contributed by atoms with Crippen LogP contribution in [-0.4, -0.2) is 15.8 Å². The van der Waals surface area contributed by atoms with Crippen molar-refractivity contribution in [1.29, 1.82) is 0 Å². The Hall–Kier alpha value is -0.670. The molecule has 0 N–H and O–H groups in total. The van der Waals surface area contributed by atoms with Gasteiger partial charge in [0, 0.05) is 28.4 Å². The first-order valence-corrected chi connectivity index (χ1v) is 6.09. The van der Waals surface area contributed by atoms with Crippen molar-refractivity contribution in [2.75, 3.05) is 5.88 Å². The maximum Gasteiger partial charge on any atom is 0.129 e. The van der Waals surface area contributed by atoms with Gasteiger partial charge in [-0.3, -0.25) is 0 Å². The summed E-state index contributed by atoms with van der Waals surface area (Å²) in [5.74, 6) is 1.52. The minimum atomic E-state index is 0.654. The maximum atomic E-state index is 5.63. The Kier molecular flexibility index (Phi) is 3.54. The summed E-state index contributed by atoms with van der Waals surface area (Å²) in [4.78, 5) is 8.76. The summed E-state index contributed by atoms with van der Waals surface area (Å²) in [5.41, 5.74) is 0.984. The molecule has 1 heterocycles. The van der Waals surface area contributed by atoms with Crippen molar-refractivity contribution in [1.82, 2.24) is 9.97 Å². The van der Waals surface area contributed by atoms with Crippen molar-refractivity contribution in [3.05, 3.63) is 34.7 Å². The minimum Gasteiger partial charge on any atom is -0.241 e. The average molecular weight is 286 g/mol. The average Bonchev–Trinajstić information content (AvgIpc) is 2.26. The molecule has 0 saturated carbocycles. The molecule has 2 nitrogen and oxygen atoms in total. The lowest BCUT2D eigenvalue weighted by Gasteiger charge is -2.01. The molecule has 0 atom stereocenters. The fourth-order valence-electron chi connectivity index (χ4n) is 1.39. The molecule has 0 fully saturated rings. The fourth-order valence-corrected chi connectivity index (χ4v) is 1.90. The third-order valence-corrected chi connectivity index (χ3v) is 2.89. The van der Waals surface area contributed by atoms with E-state index in [9.17, 15) is 0 Å². The molecule has 0 spiro atoms. The molecule has 2 aromatic rings. The quantitative estimate of drug-likeness (QED) is 0.806. The fraction of sp³-hybridized carbons (Fsp3) is 0.273. The Bertz CT molecular complexity index is 473. The zero-order chi connectivity index (χ0) is 10.7. The summed E-state index contributed by atoms with van der Waals surface area (Å²) < 4.78 is 1.05. The molecule has 0 aliphatic heterocycles. The van der Waals surface area contributed by atoms with Crippen LogP contribution in [0.2, 0.25) is 0 Å². The molecule has 0 aliphatic carbocycles. The van der Waals surface area contributed by atoms with Crippen LogP contribution in [0.3, 0.4) is 0 Å². The molecule has 0 radical (unpaired) electrons. The monoisotopic (exact) mass is 284 g/mol. The van der Waals surface area contributed by atoms with Crippen LogP contribution in [0.25, 0.3) is 10.9 Å². The third kappa shape index (κ3) is 2.67. The van der Waals surface area contributed by atoms with Gasteiger partial charge in [-0.15, -0.1) is 11.6 Å². The van der Waals surface area contributed by atoms with Gasteiger partial charge in [-0.25, -0.2) is 9.97 Å². The highest BCUT2D eigenvalue weighted by molar-refractivity contribution is 9.10. The predicted octanol–water partition coefficient (Wildman–Crippen LogP) is 3.56. The van der Waals surface area contributed by atoms with E-state index in [1.807, 2.05) is 24.4 Å². The lowest BCUT2D eigenvalue weighted by atomic mass is 10.2. The standard InChI is InChI=1S/C11H10BrClN2/c12-9-3-4-10-8(6-9)7-14-11(15-10)2-1-5-13/h3-4,6-7H,1-2,5H2. The number of aromatic nitrogens is 2. The van der Waals surface area contributed by atoms with Crippen LogP contribution in [-0.2, 0) is 6.42 Å². The number of halogens is 2. The molecule has 4 heteroatoms. The normalized spacial score (nSPS) is 10.8. The number of benzene rings is 1. The summed E-state index contributed by atoms with van der Waals surface area (Å²) in [5, 5.41) is 1.05. The Balaban J connectivity index is 2.34. The van der Waals surface area contributed by atoms with Gasteiger partial charge in [0.1, 0.15) is 5.82 Å². The molecular formula is C11H10BrClN2. The topological polar surface area (TPSA) is 25.8 Å². The van der Waals surface area contributed by atoms with Crippen LogP contribution in [0.4, 0.5) is 0 Å². The number of fused-ring (bicyclic) bond motifs is 1. The number of alkyl halides is 1. The molecule has 2 rings (SSSR count). The van der Waals surface area contributed by atoms with Crippen molar-refractivity contribution in [3.8, 4) is 0 Å². The molecule has 1 aromatic carbocycles. The van der Waals surface area contributed by atoms with Crippen molar-refractivity contribution in [2.24, 2.45) is 0 Å². The zero-order valence-corrected chi connectivity index (χ0v) is 10.4. The second-order valence-electron chi connectivity index (χ2n) is 3.28. The zero-order valence-electron chi connectivity index (χ0n) is 8.08. The number of aryl methyl sites for hydroxylation is 1. The van der Waals surface area contributed by atoms with E-state index in [4.69, 9.17) is 11.6 Å². The van der Waals surface area contributed by atoms with Crippen LogP contribution in [0.5, 0.6) is 0 Å². The largest absolute Gasteiger partial charge is 0.241 e. The van der Waals surface area contributed by atoms with Crippen LogP contribution >= 0.6 is 27.5 Å². The van der Waals surface area contributed by atoms with Crippen molar-refractivity contribution in [2.45, 2.75) is 12.8 Å².